The van der Waals surface area contributed by atoms with Gasteiger partial charge in [0.05, 0.1) is 10.6 Å². The highest BCUT2D eigenvalue weighted by Crippen LogP contribution is 2.62. The standard InChI is InChI=1S/C17H18ClNO3S/c1-16(2)11-17(16,12-7-4-3-5-8-12)19-23(21,22)14-10-6-9-13(18)15(14)20/h3-10,19-20H,11H2,1-2H3. The minimum Gasteiger partial charge on any atom is -0.505 e. The number of halogens is 1. The van der Waals surface area contributed by atoms with Gasteiger partial charge in [-0.15, -0.1) is 0 Å². The van der Waals surface area contributed by atoms with Crippen molar-refractivity contribution >= 4 is 21.6 Å². The van der Waals surface area contributed by atoms with Crippen LogP contribution in [-0.2, 0) is 15.6 Å². The molecule has 1 saturated carbocycles. The number of benzene rings is 2. The van der Waals surface area contributed by atoms with Gasteiger partial charge >= 0.3 is 0 Å². The van der Waals surface area contributed by atoms with E-state index in [-0.39, 0.29) is 15.3 Å². The number of para-hydroxylation sites is 1. The predicted molar refractivity (Wildman–Crippen MR) is 90.0 cm³/mol. The Morgan fingerprint density at radius 3 is 2.26 bits per heavy atom. The van der Waals surface area contributed by atoms with Crippen LogP contribution >= 0.6 is 11.6 Å². The molecule has 23 heavy (non-hydrogen) atoms. The van der Waals surface area contributed by atoms with E-state index in [2.05, 4.69) is 4.72 Å². The summed E-state index contributed by atoms with van der Waals surface area (Å²) in [5, 5.41) is 10.0. The molecule has 0 heterocycles. The van der Waals surface area contributed by atoms with Crippen LogP contribution < -0.4 is 4.72 Å². The van der Waals surface area contributed by atoms with Gasteiger partial charge in [-0.1, -0.05) is 61.8 Å². The first-order chi connectivity index (χ1) is 10.7. The van der Waals surface area contributed by atoms with E-state index in [1.54, 1.807) is 0 Å². The van der Waals surface area contributed by atoms with E-state index in [4.69, 9.17) is 11.6 Å². The molecule has 0 aromatic heterocycles. The van der Waals surface area contributed by atoms with E-state index in [0.717, 1.165) is 5.56 Å². The maximum absolute atomic E-state index is 12.8. The lowest BCUT2D eigenvalue weighted by molar-refractivity contribution is 0.446. The first-order valence-electron chi connectivity index (χ1n) is 7.27. The van der Waals surface area contributed by atoms with Gasteiger partial charge in [0.25, 0.3) is 0 Å². The largest absolute Gasteiger partial charge is 0.505 e. The zero-order valence-corrected chi connectivity index (χ0v) is 14.4. The third-order valence-electron chi connectivity index (χ3n) is 4.55. The van der Waals surface area contributed by atoms with E-state index in [0.29, 0.717) is 6.42 Å². The van der Waals surface area contributed by atoms with Crippen molar-refractivity contribution in [3.05, 3.63) is 59.1 Å². The van der Waals surface area contributed by atoms with E-state index >= 15 is 0 Å². The number of phenolic OH excluding ortho intramolecular Hbond substituents is 1. The van der Waals surface area contributed by atoms with Crippen molar-refractivity contribution < 1.29 is 13.5 Å². The molecule has 0 amide bonds. The second-order valence-electron chi connectivity index (χ2n) is 6.52. The van der Waals surface area contributed by atoms with E-state index in [1.165, 1.54) is 18.2 Å². The van der Waals surface area contributed by atoms with Crippen LogP contribution in [0.25, 0.3) is 0 Å². The highest BCUT2D eigenvalue weighted by atomic mass is 35.5. The molecule has 2 N–H and O–H groups in total. The molecule has 1 aliphatic carbocycles. The normalized spacial score (nSPS) is 22.7. The zero-order chi connectivity index (χ0) is 16.9. The number of aromatic hydroxyl groups is 1. The molecular weight excluding hydrogens is 334 g/mol. The lowest BCUT2D eigenvalue weighted by Crippen LogP contribution is -2.38. The van der Waals surface area contributed by atoms with Gasteiger partial charge in [0.1, 0.15) is 4.90 Å². The first-order valence-corrected chi connectivity index (χ1v) is 9.13. The summed E-state index contributed by atoms with van der Waals surface area (Å²) in [5.74, 6) is -0.427. The summed E-state index contributed by atoms with van der Waals surface area (Å²) in [6, 6.07) is 13.8. The molecule has 2 aromatic carbocycles. The molecule has 2 aromatic rings. The second kappa shape index (κ2) is 5.23. The Hall–Kier alpha value is -1.56. The van der Waals surface area contributed by atoms with Gasteiger partial charge in [0, 0.05) is 0 Å². The molecular formula is C17H18ClNO3S. The van der Waals surface area contributed by atoms with E-state index in [9.17, 15) is 13.5 Å². The summed E-state index contributed by atoms with van der Waals surface area (Å²) in [6.45, 7) is 4.03. The van der Waals surface area contributed by atoms with Crippen molar-refractivity contribution in [1.29, 1.82) is 0 Å². The van der Waals surface area contributed by atoms with Gasteiger partial charge in [-0.2, -0.15) is 4.72 Å². The number of nitrogens with one attached hydrogen (secondary N) is 1. The highest BCUT2D eigenvalue weighted by Gasteiger charge is 2.64. The minimum atomic E-state index is -3.91. The van der Waals surface area contributed by atoms with Crippen LogP contribution in [0.1, 0.15) is 25.8 Å². The summed E-state index contributed by atoms with van der Waals surface area (Å²) < 4.78 is 28.4. The van der Waals surface area contributed by atoms with Gasteiger partial charge in [-0.05, 0) is 29.5 Å². The van der Waals surface area contributed by atoms with Crippen LogP contribution in [0, 0.1) is 5.41 Å². The minimum absolute atomic E-state index is 0.0108. The molecule has 4 nitrogen and oxygen atoms in total. The molecule has 1 aliphatic rings. The lowest BCUT2D eigenvalue weighted by atomic mass is 9.97. The third-order valence-corrected chi connectivity index (χ3v) is 6.38. The zero-order valence-electron chi connectivity index (χ0n) is 12.9. The Bertz CT molecular complexity index is 849. The van der Waals surface area contributed by atoms with Crippen molar-refractivity contribution in [1.82, 2.24) is 4.72 Å². The number of sulfonamides is 1. The molecule has 1 atom stereocenters. The highest BCUT2D eigenvalue weighted by molar-refractivity contribution is 7.89. The fourth-order valence-electron chi connectivity index (χ4n) is 3.06. The molecule has 1 unspecified atom stereocenters. The SMILES string of the molecule is CC1(C)CC1(NS(=O)(=O)c1cccc(Cl)c1O)c1ccccc1. The van der Waals surface area contributed by atoms with Crippen molar-refractivity contribution in [2.24, 2.45) is 5.41 Å². The first kappa shape index (κ1) is 16.3. The molecule has 0 radical (unpaired) electrons. The molecule has 1 fully saturated rings. The van der Waals surface area contributed by atoms with Crippen LogP contribution in [0.5, 0.6) is 5.75 Å². The molecule has 6 heteroatoms. The topological polar surface area (TPSA) is 66.4 Å². The van der Waals surface area contributed by atoms with Crippen LogP contribution in [0.3, 0.4) is 0 Å². The van der Waals surface area contributed by atoms with Crippen LogP contribution in [0.2, 0.25) is 5.02 Å². The van der Waals surface area contributed by atoms with Crippen LogP contribution in [0.15, 0.2) is 53.4 Å². The lowest BCUT2D eigenvalue weighted by Gasteiger charge is -2.23. The van der Waals surface area contributed by atoms with Crippen LogP contribution in [0.4, 0.5) is 0 Å². The maximum atomic E-state index is 12.8. The molecule has 0 aliphatic heterocycles. The molecule has 0 saturated heterocycles. The molecule has 0 spiro atoms. The summed E-state index contributed by atoms with van der Waals surface area (Å²) >= 11 is 5.84. The van der Waals surface area contributed by atoms with Crippen molar-refractivity contribution in [2.75, 3.05) is 0 Å². The summed E-state index contributed by atoms with van der Waals surface area (Å²) in [5.41, 5.74) is 0.0207. The van der Waals surface area contributed by atoms with Gasteiger partial charge in [-0.3, -0.25) is 0 Å². The van der Waals surface area contributed by atoms with Gasteiger partial charge in [-0.25, -0.2) is 8.42 Å². The average molecular weight is 352 g/mol. The van der Waals surface area contributed by atoms with Crippen LogP contribution in [-0.4, -0.2) is 13.5 Å². The molecule has 3 rings (SSSR count). The Labute approximate surface area is 141 Å². The molecule has 122 valence electrons. The maximum Gasteiger partial charge on any atom is 0.245 e. The fraction of sp³-hybridized carbons (Fsp3) is 0.294. The number of rotatable bonds is 4. The van der Waals surface area contributed by atoms with Gasteiger partial charge < -0.3 is 5.11 Å². The Balaban J connectivity index is 2.04. The average Bonchev–Trinajstić information content (AvgIpc) is 3.04. The predicted octanol–water partition coefficient (Wildman–Crippen LogP) is 3.65. The summed E-state index contributed by atoms with van der Waals surface area (Å²) in [6.07, 6.45) is 0.685. The monoisotopic (exact) mass is 351 g/mol. The van der Waals surface area contributed by atoms with E-state index < -0.39 is 21.3 Å². The smallest absolute Gasteiger partial charge is 0.245 e. The Kier molecular flexibility index (Phi) is 3.71. The van der Waals surface area contributed by atoms with Crippen molar-refractivity contribution in [2.45, 2.75) is 30.7 Å². The van der Waals surface area contributed by atoms with Crippen molar-refractivity contribution in [3.63, 3.8) is 0 Å². The van der Waals surface area contributed by atoms with Gasteiger partial charge in [0.15, 0.2) is 5.75 Å². The molecule has 0 bridgehead atoms. The summed E-state index contributed by atoms with van der Waals surface area (Å²) in [7, 11) is -3.91. The fourth-order valence-corrected chi connectivity index (χ4v) is 4.95. The Morgan fingerprint density at radius 1 is 1.09 bits per heavy atom. The van der Waals surface area contributed by atoms with Crippen molar-refractivity contribution in [3.8, 4) is 5.75 Å². The Morgan fingerprint density at radius 2 is 1.70 bits per heavy atom. The number of hydrogen-bond donors (Lipinski definition) is 2. The number of phenols is 1. The van der Waals surface area contributed by atoms with E-state index in [1.807, 2.05) is 44.2 Å². The summed E-state index contributed by atoms with van der Waals surface area (Å²) in [4.78, 5) is -0.206. The van der Waals surface area contributed by atoms with Gasteiger partial charge in [0.2, 0.25) is 10.0 Å². The third kappa shape index (κ3) is 2.63. The second-order valence-corrected chi connectivity index (χ2v) is 8.58. The number of hydrogen-bond acceptors (Lipinski definition) is 3. The quantitative estimate of drug-likeness (QED) is 0.883.